The van der Waals surface area contributed by atoms with Crippen LogP contribution in [0, 0.1) is 10.1 Å². The maximum Gasteiger partial charge on any atom is 0.228 e. The van der Waals surface area contributed by atoms with Gasteiger partial charge in [0.25, 0.3) is 0 Å². The lowest BCUT2D eigenvalue weighted by Crippen LogP contribution is -1.98. The number of hydrogen-bond donors (Lipinski definition) is 2. The first-order chi connectivity index (χ1) is 9.04. The molecule has 2 aromatic rings. The maximum absolute atomic E-state index is 10.4. The summed E-state index contributed by atoms with van der Waals surface area (Å²) in [6.45, 7) is -0.204. The number of anilines is 2. The van der Waals surface area contributed by atoms with E-state index in [-0.39, 0.29) is 11.5 Å². The summed E-state index contributed by atoms with van der Waals surface area (Å²) < 4.78 is 5.57. The van der Waals surface area contributed by atoms with Crippen LogP contribution in [0.5, 0.6) is 11.5 Å². The van der Waals surface area contributed by atoms with Crippen LogP contribution in [0.2, 0.25) is 0 Å². The Morgan fingerprint density at radius 1 is 1.11 bits per heavy atom. The molecule has 0 saturated carbocycles. The quantitative estimate of drug-likeness (QED) is 0.498. The molecule has 0 atom stereocenters. The van der Waals surface area contributed by atoms with Crippen molar-refractivity contribution in [2.45, 2.75) is 6.54 Å². The lowest BCUT2D eigenvalue weighted by atomic mass is 10.2. The molecule has 98 valence electrons. The van der Waals surface area contributed by atoms with Crippen molar-refractivity contribution in [3.63, 3.8) is 0 Å². The van der Waals surface area contributed by atoms with Gasteiger partial charge >= 0.3 is 0 Å². The van der Waals surface area contributed by atoms with Crippen molar-refractivity contribution in [2.75, 3.05) is 11.5 Å². The molecule has 0 aliphatic heterocycles. The number of rotatable bonds is 4. The summed E-state index contributed by atoms with van der Waals surface area (Å²) in [5, 5.41) is 10.4. The molecule has 0 fully saturated rings. The van der Waals surface area contributed by atoms with E-state index in [4.69, 9.17) is 16.2 Å². The summed E-state index contributed by atoms with van der Waals surface area (Å²) in [5.41, 5.74) is 13.0. The number of ether oxygens (including phenoxy) is 1. The van der Waals surface area contributed by atoms with E-state index in [0.717, 1.165) is 0 Å². The molecule has 6 heteroatoms. The fourth-order valence-corrected chi connectivity index (χ4v) is 1.60. The van der Waals surface area contributed by atoms with E-state index in [1.165, 1.54) is 0 Å². The van der Waals surface area contributed by atoms with Gasteiger partial charge in [-0.05, 0) is 42.5 Å². The Morgan fingerprint density at radius 3 is 2.37 bits per heavy atom. The molecule has 0 radical (unpaired) electrons. The second-order valence-electron chi connectivity index (χ2n) is 4.03. The highest BCUT2D eigenvalue weighted by molar-refractivity contribution is 5.61. The third-order valence-electron chi connectivity index (χ3n) is 2.50. The van der Waals surface area contributed by atoms with Gasteiger partial charge in [0, 0.05) is 16.2 Å². The third-order valence-corrected chi connectivity index (χ3v) is 2.50. The van der Waals surface area contributed by atoms with Crippen LogP contribution in [0.1, 0.15) is 5.56 Å². The molecule has 2 aromatic carbocycles. The number of nitrogen functional groups attached to an aromatic ring is 2. The summed E-state index contributed by atoms with van der Waals surface area (Å²) in [5.74, 6) is 1.06. The van der Waals surface area contributed by atoms with Crippen molar-refractivity contribution in [3.05, 3.63) is 58.1 Å². The first-order valence-electron chi connectivity index (χ1n) is 5.58. The molecular weight excluding hydrogens is 246 g/mol. The van der Waals surface area contributed by atoms with Gasteiger partial charge in [-0.15, -0.1) is 0 Å². The second kappa shape index (κ2) is 5.26. The van der Waals surface area contributed by atoms with Crippen molar-refractivity contribution in [1.29, 1.82) is 0 Å². The van der Waals surface area contributed by atoms with Crippen molar-refractivity contribution >= 4 is 11.4 Å². The topological polar surface area (TPSA) is 104 Å². The molecule has 0 aromatic heterocycles. The molecule has 2 rings (SSSR count). The summed E-state index contributed by atoms with van der Waals surface area (Å²) in [4.78, 5) is 9.99. The van der Waals surface area contributed by atoms with Gasteiger partial charge < -0.3 is 16.2 Å². The van der Waals surface area contributed by atoms with Crippen LogP contribution in [0.25, 0.3) is 0 Å². The minimum atomic E-state index is -0.381. The van der Waals surface area contributed by atoms with Gasteiger partial charge in [-0.2, -0.15) is 0 Å². The number of hydrogen-bond acceptors (Lipinski definition) is 5. The van der Waals surface area contributed by atoms with Crippen molar-refractivity contribution in [1.82, 2.24) is 0 Å². The highest BCUT2D eigenvalue weighted by Crippen LogP contribution is 2.29. The molecular formula is C13H13N3O3. The van der Waals surface area contributed by atoms with Gasteiger partial charge in [0.2, 0.25) is 6.54 Å². The van der Waals surface area contributed by atoms with Gasteiger partial charge in [0.05, 0.1) is 5.69 Å². The fourth-order valence-electron chi connectivity index (χ4n) is 1.60. The van der Waals surface area contributed by atoms with E-state index in [2.05, 4.69) is 0 Å². The summed E-state index contributed by atoms with van der Waals surface area (Å²) in [6.07, 6.45) is 0. The Balaban J connectivity index is 2.13. The molecule has 0 saturated heterocycles. The van der Waals surface area contributed by atoms with Crippen molar-refractivity contribution in [3.8, 4) is 11.5 Å². The van der Waals surface area contributed by atoms with Crippen LogP contribution in [0.3, 0.4) is 0 Å². The van der Waals surface area contributed by atoms with Crippen LogP contribution >= 0.6 is 0 Å². The minimum absolute atomic E-state index is 0.204. The van der Waals surface area contributed by atoms with E-state index in [1.807, 2.05) is 0 Å². The van der Waals surface area contributed by atoms with E-state index < -0.39 is 0 Å². The Hall–Kier alpha value is -2.76. The number of nitrogens with two attached hydrogens (primary N) is 2. The van der Waals surface area contributed by atoms with E-state index >= 15 is 0 Å². The van der Waals surface area contributed by atoms with Crippen LogP contribution in [0.15, 0.2) is 42.5 Å². The fraction of sp³-hybridized carbons (Fsp3) is 0.0769. The minimum Gasteiger partial charge on any atom is -0.455 e. The van der Waals surface area contributed by atoms with Crippen molar-refractivity contribution < 1.29 is 9.66 Å². The van der Waals surface area contributed by atoms with Gasteiger partial charge in [-0.3, -0.25) is 10.1 Å². The first-order valence-corrected chi connectivity index (χ1v) is 5.58. The maximum atomic E-state index is 10.4. The van der Waals surface area contributed by atoms with Crippen LogP contribution in [-0.4, -0.2) is 4.92 Å². The highest BCUT2D eigenvalue weighted by atomic mass is 16.6. The first kappa shape index (κ1) is 12.7. The molecule has 4 N–H and O–H groups in total. The highest BCUT2D eigenvalue weighted by Gasteiger charge is 2.04. The van der Waals surface area contributed by atoms with E-state index in [1.54, 1.807) is 42.5 Å². The smallest absolute Gasteiger partial charge is 0.228 e. The zero-order valence-electron chi connectivity index (χ0n) is 10.1. The van der Waals surface area contributed by atoms with Gasteiger partial charge in [-0.25, -0.2) is 0 Å². The lowest BCUT2D eigenvalue weighted by Gasteiger charge is -2.09. The normalized spacial score (nSPS) is 10.1. The lowest BCUT2D eigenvalue weighted by molar-refractivity contribution is -0.496. The molecule has 19 heavy (non-hydrogen) atoms. The van der Waals surface area contributed by atoms with Crippen molar-refractivity contribution in [2.24, 2.45) is 0 Å². The molecule has 0 amide bonds. The predicted octanol–water partition coefficient (Wildman–Crippen LogP) is 2.42. The SMILES string of the molecule is Nc1ccc(Oc2ccc(C[N+](=O)[O-])cc2)c(N)c1. The monoisotopic (exact) mass is 259 g/mol. The standard InChI is InChI=1S/C13H13N3O3/c14-10-3-6-13(12(15)7-10)19-11-4-1-9(2-5-11)8-16(17)18/h1-7H,8,14-15H2. The average Bonchev–Trinajstić information content (AvgIpc) is 2.34. The molecule has 0 unspecified atom stereocenters. The number of benzene rings is 2. The Kier molecular flexibility index (Phi) is 3.51. The van der Waals surface area contributed by atoms with Gasteiger partial charge in [-0.1, -0.05) is 0 Å². The average molecular weight is 259 g/mol. The Bertz CT molecular complexity index is 597. The van der Waals surface area contributed by atoms with E-state index in [0.29, 0.717) is 28.4 Å². The predicted molar refractivity (Wildman–Crippen MR) is 72.5 cm³/mol. The Morgan fingerprint density at radius 2 is 1.79 bits per heavy atom. The van der Waals surface area contributed by atoms with Crippen LogP contribution in [-0.2, 0) is 6.54 Å². The van der Waals surface area contributed by atoms with Gasteiger partial charge in [0.15, 0.2) is 0 Å². The second-order valence-corrected chi connectivity index (χ2v) is 4.03. The third kappa shape index (κ3) is 3.35. The summed E-state index contributed by atoms with van der Waals surface area (Å²) in [6, 6.07) is 11.6. The van der Waals surface area contributed by atoms with Crippen LogP contribution < -0.4 is 16.2 Å². The van der Waals surface area contributed by atoms with Gasteiger partial charge in [0.1, 0.15) is 11.5 Å². The molecule has 0 bridgehead atoms. The zero-order valence-corrected chi connectivity index (χ0v) is 10.1. The largest absolute Gasteiger partial charge is 0.455 e. The zero-order chi connectivity index (χ0) is 13.8. The molecule has 0 spiro atoms. The number of nitro groups is 1. The molecule has 0 aliphatic carbocycles. The van der Waals surface area contributed by atoms with Crippen LogP contribution in [0.4, 0.5) is 11.4 Å². The molecule has 0 heterocycles. The molecule has 0 aliphatic rings. The molecule has 6 nitrogen and oxygen atoms in total. The van der Waals surface area contributed by atoms with E-state index in [9.17, 15) is 10.1 Å². The number of nitrogens with zero attached hydrogens (tertiary/aromatic N) is 1. The Labute approximate surface area is 109 Å². The summed E-state index contributed by atoms with van der Waals surface area (Å²) >= 11 is 0. The summed E-state index contributed by atoms with van der Waals surface area (Å²) in [7, 11) is 0.